The Morgan fingerprint density at radius 2 is 1.94 bits per heavy atom. The molecule has 16 heavy (non-hydrogen) atoms. The summed E-state index contributed by atoms with van der Waals surface area (Å²) in [6.07, 6.45) is 1.08. The number of phenols is 1. The zero-order valence-corrected chi connectivity index (χ0v) is 10.5. The second-order valence-electron chi connectivity index (χ2n) is 5.02. The van der Waals surface area contributed by atoms with Gasteiger partial charge in [0.2, 0.25) is 0 Å². The topological polar surface area (TPSA) is 40.5 Å². The van der Waals surface area contributed by atoms with E-state index in [2.05, 4.69) is 13.8 Å². The van der Waals surface area contributed by atoms with Crippen molar-refractivity contribution in [3.63, 3.8) is 0 Å². The van der Waals surface area contributed by atoms with Gasteiger partial charge in [-0.2, -0.15) is 0 Å². The van der Waals surface area contributed by atoms with Gasteiger partial charge in [0.05, 0.1) is 4.90 Å². The molecule has 1 N–H and O–H groups in total. The smallest absolute Gasteiger partial charge is 0.127 e. The van der Waals surface area contributed by atoms with Crippen molar-refractivity contribution < 1.29 is 9.32 Å². The third kappa shape index (κ3) is 2.44. The second-order valence-corrected chi connectivity index (χ2v) is 6.51. The largest absolute Gasteiger partial charge is 0.508 e. The van der Waals surface area contributed by atoms with Gasteiger partial charge in [-0.3, -0.25) is 0 Å². The van der Waals surface area contributed by atoms with Gasteiger partial charge in [-0.05, 0) is 36.1 Å². The number of hydrogen-bond acceptors (Lipinski definition) is 2. The summed E-state index contributed by atoms with van der Waals surface area (Å²) < 4.78 is 14.2. The first kappa shape index (κ1) is 11.6. The predicted octanol–water partition coefficient (Wildman–Crippen LogP) is 2.15. The van der Waals surface area contributed by atoms with Crippen LogP contribution in [0.3, 0.4) is 0 Å². The van der Waals surface area contributed by atoms with E-state index in [1.165, 1.54) is 0 Å². The molecule has 4 heteroatoms. The molecule has 1 aromatic rings. The van der Waals surface area contributed by atoms with Gasteiger partial charge in [0.1, 0.15) is 16.7 Å². The molecular weight excluding hydrogens is 222 g/mol. The van der Waals surface area contributed by atoms with E-state index >= 15 is 0 Å². The Hall–Kier alpha value is -0.870. The Balaban J connectivity index is 2.12. The van der Waals surface area contributed by atoms with Crippen LogP contribution in [0.2, 0.25) is 0 Å². The number of benzene rings is 1. The van der Waals surface area contributed by atoms with Crippen molar-refractivity contribution in [2.45, 2.75) is 25.2 Å². The summed E-state index contributed by atoms with van der Waals surface area (Å²) >= 11 is 0. The van der Waals surface area contributed by atoms with Crippen LogP contribution in [0.25, 0.3) is 0 Å². The van der Waals surface area contributed by atoms with Gasteiger partial charge in [-0.25, -0.2) is 8.51 Å². The van der Waals surface area contributed by atoms with Crippen molar-refractivity contribution in [3.05, 3.63) is 24.3 Å². The highest BCUT2D eigenvalue weighted by atomic mass is 32.2. The van der Waals surface area contributed by atoms with E-state index in [0.717, 1.165) is 24.4 Å². The lowest BCUT2D eigenvalue weighted by Gasteiger charge is -2.18. The highest BCUT2D eigenvalue weighted by molar-refractivity contribution is 7.82. The third-order valence-electron chi connectivity index (χ3n) is 2.92. The molecule has 0 spiro atoms. The molecule has 1 saturated heterocycles. The van der Waals surface area contributed by atoms with Gasteiger partial charge in [0.25, 0.3) is 0 Å². The molecule has 0 amide bonds. The van der Waals surface area contributed by atoms with Crippen LogP contribution in [0.4, 0.5) is 0 Å². The molecule has 0 radical (unpaired) electrons. The fourth-order valence-electron chi connectivity index (χ4n) is 1.92. The molecule has 1 aromatic carbocycles. The summed E-state index contributed by atoms with van der Waals surface area (Å²) in [7, 11) is -1.09. The molecule has 1 unspecified atom stereocenters. The molecule has 1 heterocycles. The SMILES string of the molecule is CC1(C)CCN(S(=O)c2ccc(O)cc2)C1. The van der Waals surface area contributed by atoms with Crippen LogP contribution in [-0.4, -0.2) is 26.7 Å². The number of phenolic OH excluding ortho intramolecular Hbond substituents is 1. The summed E-state index contributed by atoms with van der Waals surface area (Å²) in [5, 5.41) is 9.17. The minimum atomic E-state index is -1.09. The van der Waals surface area contributed by atoms with Crippen LogP contribution >= 0.6 is 0 Å². The van der Waals surface area contributed by atoms with Crippen molar-refractivity contribution in [3.8, 4) is 5.75 Å². The lowest BCUT2D eigenvalue weighted by Crippen LogP contribution is -2.25. The normalized spacial score (nSPS) is 22.1. The standard InChI is InChI=1S/C12H17NO2S/c1-12(2)7-8-13(9-12)16(15)11-5-3-10(14)4-6-11/h3-6,14H,7-9H2,1-2H3. The fourth-order valence-corrected chi connectivity index (χ4v) is 3.31. The van der Waals surface area contributed by atoms with E-state index in [4.69, 9.17) is 0 Å². The zero-order valence-electron chi connectivity index (χ0n) is 9.64. The highest BCUT2D eigenvalue weighted by Crippen LogP contribution is 2.31. The van der Waals surface area contributed by atoms with Gasteiger partial charge in [-0.1, -0.05) is 13.8 Å². The van der Waals surface area contributed by atoms with E-state index in [1.54, 1.807) is 24.3 Å². The van der Waals surface area contributed by atoms with Crippen molar-refractivity contribution >= 4 is 11.0 Å². The Kier molecular flexibility index (Phi) is 3.04. The maximum atomic E-state index is 12.2. The third-order valence-corrected chi connectivity index (χ3v) is 4.37. The van der Waals surface area contributed by atoms with Gasteiger partial charge < -0.3 is 5.11 Å². The number of hydrogen-bond donors (Lipinski definition) is 1. The van der Waals surface area contributed by atoms with Crippen LogP contribution < -0.4 is 0 Å². The summed E-state index contributed by atoms with van der Waals surface area (Å²) in [6, 6.07) is 6.59. The Morgan fingerprint density at radius 3 is 2.44 bits per heavy atom. The number of rotatable bonds is 2. The van der Waals surface area contributed by atoms with E-state index in [9.17, 15) is 9.32 Å². The molecule has 0 bridgehead atoms. The van der Waals surface area contributed by atoms with Crippen LogP contribution in [0.1, 0.15) is 20.3 Å². The summed E-state index contributed by atoms with van der Waals surface area (Å²) in [5.74, 6) is 0.211. The molecule has 3 nitrogen and oxygen atoms in total. The molecule has 1 aliphatic heterocycles. The van der Waals surface area contributed by atoms with Gasteiger partial charge in [-0.15, -0.1) is 0 Å². The second kappa shape index (κ2) is 4.18. The molecule has 1 atom stereocenters. The lowest BCUT2D eigenvalue weighted by atomic mass is 9.93. The minimum absolute atomic E-state index is 0.211. The molecule has 0 aliphatic carbocycles. The van der Waals surface area contributed by atoms with Crippen LogP contribution in [0.15, 0.2) is 29.2 Å². The first-order valence-electron chi connectivity index (χ1n) is 5.44. The molecule has 88 valence electrons. The van der Waals surface area contributed by atoms with Crippen molar-refractivity contribution in [1.82, 2.24) is 4.31 Å². The fraction of sp³-hybridized carbons (Fsp3) is 0.500. The molecule has 2 rings (SSSR count). The maximum absolute atomic E-state index is 12.2. The van der Waals surface area contributed by atoms with Crippen molar-refractivity contribution in [2.75, 3.05) is 13.1 Å². The van der Waals surface area contributed by atoms with Crippen LogP contribution in [0.5, 0.6) is 5.75 Å². The average Bonchev–Trinajstić information content (AvgIpc) is 2.59. The summed E-state index contributed by atoms with van der Waals surface area (Å²) in [6.45, 7) is 6.13. The Labute approximate surface area is 98.7 Å². The lowest BCUT2D eigenvalue weighted by molar-refractivity contribution is 0.384. The first-order valence-corrected chi connectivity index (χ1v) is 6.54. The summed E-state index contributed by atoms with van der Waals surface area (Å²) in [5.41, 5.74) is 0.257. The predicted molar refractivity (Wildman–Crippen MR) is 64.5 cm³/mol. The molecule has 1 fully saturated rings. The number of nitrogens with zero attached hydrogens (tertiary/aromatic N) is 1. The van der Waals surface area contributed by atoms with Gasteiger partial charge in [0, 0.05) is 13.1 Å². The van der Waals surface area contributed by atoms with E-state index < -0.39 is 11.0 Å². The average molecular weight is 239 g/mol. The van der Waals surface area contributed by atoms with E-state index in [1.807, 2.05) is 4.31 Å². The minimum Gasteiger partial charge on any atom is -0.508 e. The van der Waals surface area contributed by atoms with E-state index in [0.29, 0.717) is 0 Å². The van der Waals surface area contributed by atoms with Gasteiger partial charge in [0.15, 0.2) is 0 Å². The monoisotopic (exact) mass is 239 g/mol. The zero-order chi connectivity index (χ0) is 11.8. The molecule has 1 aliphatic rings. The summed E-state index contributed by atoms with van der Waals surface area (Å²) in [4.78, 5) is 0.760. The van der Waals surface area contributed by atoms with Crippen LogP contribution in [0, 0.1) is 5.41 Å². The maximum Gasteiger partial charge on any atom is 0.127 e. The first-order chi connectivity index (χ1) is 7.48. The van der Waals surface area contributed by atoms with Gasteiger partial charge >= 0.3 is 0 Å². The molecule has 0 saturated carbocycles. The molecular formula is C12H17NO2S. The van der Waals surface area contributed by atoms with Crippen molar-refractivity contribution in [1.29, 1.82) is 0 Å². The van der Waals surface area contributed by atoms with E-state index in [-0.39, 0.29) is 11.2 Å². The number of aromatic hydroxyl groups is 1. The quantitative estimate of drug-likeness (QED) is 0.859. The van der Waals surface area contributed by atoms with Crippen LogP contribution in [-0.2, 0) is 11.0 Å². The molecule has 0 aromatic heterocycles. The Morgan fingerprint density at radius 1 is 1.31 bits per heavy atom. The Bertz CT molecular complexity index is 400. The van der Waals surface area contributed by atoms with Crippen molar-refractivity contribution in [2.24, 2.45) is 5.41 Å². The highest BCUT2D eigenvalue weighted by Gasteiger charge is 2.32.